The molecule has 0 saturated heterocycles. The number of thioether (sulfide) groups is 15. The zero-order chi connectivity index (χ0) is 89.5. The molecule has 15 heteroatoms. The summed E-state index contributed by atoms with van der Waals surface area (Å²) in [4.78, 5) is 0. The van der Waals surface area contributed by atoms with E-state index >= 15 is 0 Å². The number of hydrogen-bond acceptors (Lipinski definition) is 15. The lowest BCUT2D eigenvalue weighted by atomic mass is 9.96. The quantitative estimate of drug-likeness (QED) is 0.0322. The number of hydrogen-bond donors (Lipinski definition) is 0. The van der Waals surface area contributed by atoms with Gasteiger partial charge >= 0.3 is 0 Å². The van der Waals surface area contributed by atoms with Crippen molar-refractivity contribution in [2.45, 2.75) is 635 Å². The van der Waals surface area contributed by atoms with Gasteiger partial charge in [0.25, 0.3) is 0 Å². The lowest BCUT2D eigenvalue weighted by Crippen LogP contribution is -2.71. The summed E-state index contributed by atoms with van der Waals surface area (Å²) in [6.07, 6.45) is 107. The van der Waals surface area contributed by atoms with Crippen LogP contribution in [0.15, 0.2) is 0 Å². The molecule has 0 nitrogen and oxygen atoms in total. The summed E-state index contributed by atoms with van der Waals surface area (Å²) in [7, 11) is 0. The van der Waals surface area contributed by atoms with Crippen molar-refractivity contribution in [3.63, 3.8) is 0 Å². The van der Waals surface area contributed by atoms with Crippen LogP contribution in [0.1, 0.15) is 571 Å². The highest BCUT2D eigenvalue weighted by atomic mass is 32.3. The highest BCUT2D eigenvalue weighted by Gasteiger charge is 2.78. The second-order valence-corrected chi connectivity index (χ2v) is 64.2. The first-order valence-corrected chi connectivity index (χ1v) is 70.3. The van der Waals surface area contributed by atoms with Crippen molar-refractivity contribution in [2.75, 3.05) is 46.0 Å². The molecule has 0 aromatic carbocycles. The smallest absolute Gasteiger partial charge is 0.126 e. The van der Waals surface area contributed by atoms with E-state index in [0.29, 0.717) is 31.5 Å². The van der Waals surface area contributed by atoms with Gasteiger partial charge in [0.2, 0.25) is 0 Å². The molecule has 0 amide bonds. The van der Waals surface area contributed by atoms with Gasteiger partial charge in [0.15, 0.2) is 0 Å². The minimum atomic E-state index is -0.189. The van der Waals surface area contributed by atoms with E-state index in [9.17, 15) is 0 Å². The van der Waals surface area contributed by atoms with E-state index in [1.165, 1.54) is 534 Å². The molecule has 0 N–H and O–H groups in total. The van der Waals surface area contributed by atoms with Gasteiger partial charge in [-0.25, -0.2) is 0 Å². The highest BCUT2D eigenvalue weighted by molar-refractivity contribution is 8.44. The monoisotopic (exact) mass is 2010 g/mol. The van der Waals surface area contributed by atoms with Gasteiger partial charge in [-0.1, -0.05) is 417 Å². The van der Waals surface area contributed by atoms with Crippen LogP contribution in [0.5, 0.6) is 0 Å². The lowest BCUT2D eigenvalue weighted by Gasteiger charge is -2.69. The van der Waals surface area contributed by atoms with Crippen molar-refractivity contribution in [3.05, 3.63) is 0 Å². The predicted octanol–water partition coefficient (Wildman–Crippen LogP) is 43.7. The summed E-state index contributed by atoms with van der Waals surface area (Å²) in [5.74, 6) is 10.7. The molecule has 740 valence electrons. The van der Waals surface area contributed by atoms with Crippen LogP contribution in [0.2, 0.25) is 0 Å². The van der Waals surface area contributed by atoms with Crippen LogP contribution in [0.25, 0.3) is 0 Å². The van der Waals surface area contributed by atoms with Gasteiger partial charge in [0.05, 0.1) is 17.7 Å². The van der Waals surface area contributed by atoms with Gasteiger partial charge < -0.3 is 0 Å². The molecule has 6 fully saturated rings. The van der Waals surface area contributed by atoms with E-state index in [1.54, 1.807) is 0 Å². The fourth-order valence-electron chi connectivity index (χ4n) is 21.9. The Morgan fingerprint density at radius 1 is 0.168 bits per heavy atom. The lowest BCUT2D eigenvalue weighted by molar-refractivity contribution is 0.458. The van der Waals surface area contributed by atoms with Crippen LogP contribution < -0.4 is 0 Å². The molecule has 0 aliphatic heterocycles. The van der Waals surface area contributed by atoms with Gasteiger partial charge in [0, 0.05) is 31.5 Å². The van der Waals surface area contributed by atoms with Crippen LogP contribution in [0, 0.1) is 0 Å². The molecule has 6 aliphatic carbocycles. The first-order chi connectivity index (χ1) is 61.4. The molecule has 0 heterocycles. The van der Waals surface area contributed by atoms with E-state index < -0.39 is 0 Å². The minimum Gasteiger partial charge on any atom is -0.146 e. The van der Waals surface area contributed by atoms with E-state index in [0.717, 1.165) is 0 Å². The third-order valence-electron chi connectivity index (χ3n) is 29.6. The Morgan fingerprint density at radius 3 is 0.584 bits per heavy atom. The highest BCUT2D eigenvalue weighted by Crippen LogP contribution is 2.85. The normalized spacial score (nSPS) is 22.0. The molecule has 8 unspecified atom stereocenters. The Morgan fingerprint density at radius 2 is 0.344 bits per heavy atom. The van der Waals surface area contributed by atoms with E-state index in [-0.39, 0.29) is 32.6 Å². The molecule has 6 saturated carbocycles. The van der Waals surface area contributed by atoms with Gasteiger partial charge in [-0.2, -0.15) is 0 Å². The predicted molar refractivity (Wildman–Crippen MR) is 616 cm³/mol. The summed E-state index contributed by atoms with van der Waals surface area (Å²) in [6, 6.07) is 0. The van der Waals surface area contributed by atoms with Crippen molar-refractivity contribution in [3.8, 4) is 0 Å². The number of unbranched alkanes of at least 4 members (excludes halogenated alkanes) is 28. The molecule has 0 aromatic rings. The Balaban J connectivity index is 2.14. The topological polar surface area (TPSA) is 0 Å². The standard InChI is InChI=1S/C110H210S15/c1-13-25-33-39-53-75-95-117-109(123-101-85-57-43-41-44-58-86-101,103(21-9,119-97-77-61-47-48-62-78-97)107(115-93-73-51-35-27-15-3,121-99-81-65-55-66-82-99)105(23-11,111-89-69-31-19-7)113-91-71-37-29-17-5)125-110(118-96-76-54-40-34-26-14-2,124-102-87-59-45-42-46-60-88-102)104(22-10,120-98-79-63-49-50-64-80-98)108(116-94-74-52-36-28-16-4,122-100-83-67-56-68-84-100)106(24-12,112-90-70-32-20-8)114-92-72-38-30-18-6/h97-102H,13-96H2,1-12H3. The Kier molecular flexibility index (Phi) is 69.8. The molecule has 0 radical (unpaired) electrons. The maximum absolute atomic E-state index is 3.08. The summed E-state index contributed by atoms with van der Waals surface area (Å²) in [5, 5.41) is 4.07. The molecule has 6 aliphatic rings. The Labute approximate surface area is 848 Å². The van der Waals surface area contributed by atoms with Gasteiger partial charge in [0.1, 0.15) is 15.0 Å². The molecule has 0 aromatic heterocycles. The Bertz CT molecular complexity index is 2290. The van der Waals surface area contributed by atoms with Crippen molar-refractivity contribution in [1.29, 1.82) is 0 Å². The largest absolute Gasteiger partial charge is 0.146 e. The molecule has 0 bridgehead atoms. The molecular formula is C110H210S15. The molecule has 8 atom stereocenters. The minimum absolute atomic E-state index is 0.0119. The van der Waals surface area contributed by atoms with E-state index in [4.69, 9.17) is 0 Å². The van der Waals surface area contributed by atoms with Gasteiger partial charge in [-0.05, 0) is 200 Å². The average molecular weight is 2010 g/mol. The summed E-state index contributed by atoms with van der Waals surface area (Å²) in [6.45, 7) is 31.9. The fourth-order valence-corrected chi connectivity index (χ4v) is 60.2. The van der Waals surface area contributed by atoms with Crippen molar-refractivity contribution in [2.24, 2.45) is 0 Å². The maximum Gasteiger partial charge on any atom is 0.126 e. The summed E-state index contributed by atoms with van der Waals surface area (Å²) >= 11 is 42.6. The van der Waals surface area contributed by atoms with E-state index in [2.05, 4.69) is 260 Å². The molecule has 6 rings (SSSR count). The first kappa shape index (κ1) is 119. The third-order valence-corrected chi connectivity index (χ3v) is 62.1. The SMILES string of the molecule is CCCCCCCCSC(SC1CCCCCCC1)(SC(SCCCCCCCC)(SC1CCCCCCC1)C(CC)(SC1CCCCCC1)C(SCCCCCCC)(SC1CCCCC1)C(CC)(SCCCCC)SCCCCCC)C(CC)(SC1CCCCCC1)C(SCCCCCCC)(SC1CCCCC1)C(CC)(SCCCCC)SCCCCCC. The second-order valence-electron chi connectivity index (χ2n) is 40.1. The van der Waals surface area contributed by atoms with Gasteiger partial charge in [-0.15, -0.1) is 176 Å². The van der Waals surface area contributed by atoms with Crippen molar-refractivity contribution >= 4 is 176 Å². The van der Waals surface area contributed by atoms with Crippen molar-refractivity contribution < 1.29 is 0 Å². The Hall–Kier alpha value is 5.25. The third kappa shape index (κ3) is 39.8. The summed E-state index contributed by atoms with van der Waals surface area (Å²) in [5.41, 5.74) is 0. The second kappa shape index (κ2) is 73.3. The molecular weight excluding hydrogens is 1800 g/mol. The van der Waals surface area contributed by atoms with Crippen LogP contribution in [0.4, 0.5) is 0 Å². The first-order valence-electron chi connectivity index (χ1n) is 56.3. The van der Waals surface area contributed by atoms with Crippen LogP contribution in [0.3, 0.4) is 0 Å². The van der Waals surface area contributed by atoms with Crippen LogP contribution in [-0.4, -0.2) is 110 Å². The van der Waals surface area contributed by atoms with Crippen LogP contribution >= 0.6 is 176 Å². The molecule has 0 spiro atoms. The zero-order valence-corrected chi connectivity index (χ0v) is 97.2. The van der Waals surface area contributed by atoms with Crippen LogP contribution in [-0.2, 0) is 0 Å². The van der Waals surface area contributed by atoms with E-state index in [1.807, 2.05) is 0 Å². The summed E-state index contributed by atoms with van der Waals surface area (Å²) < 4.78 is -0.756. The maximum atomic E-state index is 3.08. The van der Waals surface area contributed by atoms with Crippen molar-refractivity contribution in [1.82, 2.24) is 0 Å². The molecule has 125 heavy (non-hydrogen) atoms. The average Bonchev–Trinajstić information content (AvgIpc) is 0.711. The fraction of sp³-hybridized carbons (Fsp3) is 1.00. The van der Waals surface area contributed by atoms with Gasteiger partial charge in [-0.3, -0.25) is 0 Å². The zero-order valence-electron chi connectivity index (χ0n) is 85.0. The number of rotatable bonds is 76.